The third-order valence-electron chi connectivity index (χ3n) is 2.28. The molecule has 0 atom stereocenters. The van der Waals surface area contributed by atoms with Gasteiger partial charge in [-0.25, -0.2) is 0 Å². The van der Waals surface area contributed by atoms with Gasteiger partial charge in [0.25, 0.3) is 0 Å². The topological polar surface area (TPSA) is 68.4 Å². The van der Waals surface area contributed by atoms with Crippen molar-refractivity contribution in [3.8, 4) is 6.08 Å². The lowest BCUT2D eigenvalue weighted by Crippen LogP contribution is -1.99. The number of aliphatic hydroxyl groups excluding tert-OH is 1. The Bertz CT molecular complexity index is 442. The first kappa shape index (κ1) is 11.6. The zero-order valence-electron chi connectivity index (χ0n) is 9.37. The molecule has 5 nitrogen and oxygen atoms in total. The summed E-state index contributed by atoms with van der Waals surface area (Å²) < 4.78 is 10.3. The van der Waals surface area contributed by atoms with Crippen molar-refractivity contribution in [3.63, 3.8) is 0 Å². The fraction of sp³-hybridized carbons (Fsp3) is 0.333. The quantitative estimate of drug-likeness (QED) is 0.768. The van der Waals surface area contributed by atoms with Crippen molar-refractivity contribution in [2.45, 2.75) is 19.4 Å². The van der Waals surface area contributed by atoms with E-state index < -0.39 is 0 Å². The Hall–Kier alpha value is -1.88. The van der Waals surface area contributed by atoms with Crippen LogP contribution in [0, 0.1) is 0 Å². The summed E-state index contributed by atoms with van der Waals surface area (Å²) in [5, 5.41) is 8.79. The highest BCUT2D eigenvalue weighted by molar-refractivity contribution is 5.09. The molecule has 0 aromatic carbocycles. The molecule has 2 heterocycles. The van der Waals surface area contributed by atoms with Gasteiger partial charge in [0.1, 0.15) is 12.0 Å². The van der Waals surface area contributed by atoms with Gasteiger partial charge in [-0.05, 0) is 30.5 Å². The minimum absolute atomic E-state index is 0.135. The first-order chi connectivity index (χ1) is 8.38. The first-order valence-electron chi connectivity index (χ1n) is 5.45. The summed E-state index contributed by atoms with van der Waals surface area (Å²) in [7, 11) is 0. The van der Waals surface area contributed by atoms with Gasteiger partial charge in [-0.3, -0.25) is 4.98 Å². The van der Waals surface area contributed by atoms with Crippen molar-refractivity contribution in [2.75, 3.05) is 6.61 Å². The largest absolute Gasteiger partial charge is 0.450 e. The monoisotopic (exact) mass is 234 g/mol. The lowest BCUT2D eigenvalue weighted by atomic mass is 10.1. The van der Waals surface area contributed by atoms with Crippen molar-refractivity contribution in [2.24, 2.45) is 0 Å². The summed E-state index contributed by atoms with van der Waals surface area (Å²) >= 11 is 0. The Balaban J connectivity index is 1.69. The van der Waals surface area contributed by atoms with Crippen molar-refractivity contribution in [1.82, 2.24) is 9.97 Å². The van der Waals surface area contributed by atoms with Crippen LogP contribution < -0.4 is 4.74 Å². The Labute approximate surface area is 99.1 Å². The summed E-state index contributed by atoms with van der Waals surface area (Å²) in [4.78, 5) is 7.88. The molecule has 0 saturated carbocycles. The molecule has 90 valence electrons. The minimum atomic E-state index is -0.135. The van der Waals surface area contributed by atoms with Gasteiger partial charge in [-0.2, -0.15) is 4.98 Å². The van der Waals surface area contributed by atoms with Crippen LogP contribution in [0.2, 0.25) is 0 Å². The molecule has 17 heavy (non-hydrogen) atoms. The van der Waals surface area contributed by atoms with Crippen LogP contribution in [0.1, 0.15) is 17.7 Å². The lowest BCUT2D eigenvalue weighted by Gasteiger charge is -2.01. The van der Waals surface area contributed by atoms with Crippen LogP contribution in [-0.2, 0) is 13.0 Å². The van der Waals surface area contributed by atoms with E-state index in [1.807, 2.05) is 12.1 Å². The molecule has 0 fully saturated rings. The number of oxazole rings is 1. The second-order valence-electron chi connectivity index (χ2n) is 3.57. The van der Waals surface area contributed by atoms with Crippen molar-refractivity contribution >= 4 is 0 Å². The van der Waals surface area contributed by atoms with Crippen molar-refractivity contribution in [3.05, 3.63) is 42.0 Å². The second kappa shape index (κ2) is 6.00. The fourth-order valence-electron chi connectivity index (χ4n) is 1.41. The molecule has 0 aliphatic carbocycles. The molecule has 0 spiro atoms. The van der Waals surface area contributed by atoms with Gasteiger partial charge in [0.05, 0.1) is 13.2 Å². The number of hydrogen-bond donors (Lipinski definition) is 1. The Kier molecular flexibility index (Phi) is 4.10. The third kappa shape index (κ3) is 3.57. The highest BCUT2D eigenvalue weighted by Gasteiger charge is 2.03. The number of rotatable bonds is 6. The van der Waals surface area contributed by atoms with Gasteiger partial charge in [0.15, 0.2) is 0 Å². The molecule has 0 aliphatic heterocycles. The standard InChI is InChI=1S/C12H14N2O3/c15-8-11-9-17-12(14-11)16-7-1-2-10-3-5-13-6-4-10/h3-6,9,15H,1-2,7-8H2. The summed E-state index contributed by atoms with van der Waals surface area (Å²) in [5.41, 5.74) is 1.71. The maximum absolute atomic E-state index is 8.79. The number of pyridine rings is 1. The maximum atomic E-state index is 8.79. The number of ether oxygens (including phenoxy) is 1. The molecule has 0 bridgehead atoms. The summed E-state index contributed by atoms with van der Waals surface area (Å²) in [6.45, 7) is 0.400. The highest BCUT2D eigenvalue weighted by atomic mass is 16.6. The molecule has 0 unspecified atom stereocenters. The zero-order valence-corrected chi connectivity index (χ0v) is 9.37. The summed E-state index contributed by atoms with van der Waals surface area (Å²) in [5.74, 6) is 0. The van der Waals surface area contributed by atoms with Gasteiger partial charge >= 0.3 is 6.08 Å². The average Bonchev–Trinajstić information content (AvgIpc) is 2.84. The van der Waals surface area contributed by atoms with Gasteiger partial charge in [0.2, 0.25) is 0 Å². The first-order valence-corrected chi connectivity index (χ1v) is 5.45. The molecule has 2 aromatic rings. The van der Waals surface area contributed by atoms with Gasteiger partial charge < -0.3 is 14.3 Å². The normalized spacial score (nSPS) is 10.4. The molecule has 2 aromatic heterocycles. The van der Waals surface area contributed by atoms with E-state index in [0.29, 0.717) is 12.3 Å². The second-order valence-corrected chi connectivity index (χ2v) is 3.57. The SMILES string of the molecule is OCc1coc(OCCCc2ccncc2)n1. The number of nitrogens with zero attached hydrogens (tertiary/aromatic N) is 2. The van der Waals surface area contributed by atoms with Crippen LogP contribution in [0.15, 0.2) is 35.2 Å². The summed E-state index contributed by atoms with van der Waals surface area (Å²) in [6.07, 6.45) is 6.95. The third-order valence-corrected chi connectivity index (χ3v) is 2.28. The van der Waals surface area contributed by atoms with Crippen molar-refractivity contribution in [1.29, 1.82) is 0 Å². The number of aliphatic hydroxyl groups is 1. The molecule has 0 saturated heterocycles. The molecular formula is C12H14N2O3. The summed E-state index contributed by atoms with van der Waals surface area (Å²) in [6, 6.07) is 3.96. The minimum Gasteiger partial charge on any atom is -0.450 e. The van der Waals surface area contributed by atoms with E-state index in [2.05, 4.69) is 9.97 Å². The molecule has 1 N–H and O–H groups in total. The number of aryl methyl sites for hydroxylation is 1. The van der Waals surface area contributed by atoms with Crippen molar-refractivity contribution < 1.29 is 14.3 Å². The fourth-order valence-corrected chi connectivity index (χ4v) is 1.41. The van der Waals surface area contributed by atoms with Crippen LogP contribution in [0.3, 0.4) is 0 Å². The van der Waals surface area contributed by atoms with E-state index in [4.69, 9.17) is 14.3 Å². The average molecular weight is 234 g/mol. The van der Waals surface area contributed by atoms with Gasteiger partial charge in [0, 0.05) is 12.4 Å². The predicted octanol–water partition coefficient (Wildman–Crippen LogP) is 1.57. The van der Waals surface area contributed by atoms with E-state index in [0.717, 1.165) is 12.8 Å². The van der Waals surface area contributed by atoms with E-state index in [9.17, 15) is 0 Å². The Morgan fingerprint density at radius 3 is 2.82 bits per heavy atom. The Morgan fingerprint density at radius 1 is 1.29 bits per heavy atom. The molecule has 0 amide bonds. The molecular weight excluding hydrogens is 220 g/mol. The van der Waals surface area contributed by atoms with Gasteiger partial charge in [-0.1, -0.05) is 0 Å². The van der Waals surface area contributed by atoms with Crippen LogP contribution in [-0.4, -0.2) is 21.7 Å². The van der Waals surface area contributed by atoms with Gasteiger partial charge in [-0.15, -0.1) is 0 Å². The highest BCUT2D eigenvalue weighted by Crippen LogP contribution is 2.10. The van der Waals surface area contributed by atoms with Crippen LogP contribution >= 0.6 is 0 Å². The number of aromatic nitrogens is 2. The molecule has 5 heteroatoms. The smallest absolute Gasteiger partial charge is 0.393 e. The van der Waals surface area contributed by atoms with Crippen LogP contribution in [0.4, 0.5) is 0 Å². The molecule has 2 rings (SSSR count). The lowest BCUT2D eigenvalue weighted by molar-refractivity contribution is 0.227. The molecule has 0 radical (unpaired) electrons. The van der Waals surface area contributed by atoms with E-state index in [-0.39, 0.29) is 12.7 Å². The Morgan fingerprint density at radius 2 is 2.12 bits per heavy atom. The van der Waals surface area contributed by atoms with E-state index in [1.165, 1.54) is 11.8 Å². The number of hydrogen-bond acceptors (Lipinski definition) is 5. The van der Waals surface area contributed by atoms with Crippen LogP contribution in [0.25, 0.3) is 0 Å². The predicted molar refractivity (Wildman–Crippen MR) is 60.5 cm³/mol. The van der Waals surface area contributed by atoms with E-state index in [1.54, 1.807) is 12.4 Å². The van der Waals surface area contributed by atoms with Crippen LogP contribution in [0.5, 0.6) is 6.08 Å². The zero-order chi connectivity index (χ0) is 11.9. The van der Waals surface area contributed by atoms with E-state index >= 15 is 0 Å². The maximum Gasteiger partial charge on any atom is 0.393 e. The molecule has 0 aliphatic rings.